The van der Waals surface area contributed by atoms with Crippen LogP contribution >= 0.6 is 10.7 Å². The van der Waals surface area contributed by atoms with Gasteiger partial charge in [-0.2, -0.15) is 0 Å². The van der Waals surface area contributed by atoms with Gasteiger partial charge < -0.3 is 9.64 Å². The number of methoxy groups -OCH3 is 1. The van der Waals surface area contributed by atoms with Crippen LogP contribution in [0.2, 0.25) is 0 Å². The number of hydrogen-bond donors (Lipinski definition) is 0. The van der Waals surface area contributed by atoms with E-state index in [9.17, 15) is 28.1 Å². The maximum absolute atomic E-state index is 12.1. The van der Waals surface area contributed by atoms with Crippen molar-refractivity contribution in [3.8, 4) is 0 Å². The summed E-state index contributed by atoms with van der Waals surface area (Å²) in [6.07, 6.45) is -0.366. The van der Waals surface area contributed by atoms with Crippen molar-refractivity contribution in [2.45, 2.75) is 11.7 Å². The molecule has 0 N–H and O–H groups in total. The molecule has 1 aromatic carbocycles. The number of ether oxygens (including phenoxy) is 1. The maximum Gasteiger partial charge on any atom is 0.339 e. The zero-order valence-electron chi connectivity index (χ0n) is 11.8. The molecule has 0 aromatic heterocycles. The smallest absolute Gasteiger partial charge is 0.339 e. The summed E-state index contributed by atoms with van der Waals surface area (Å²) in [6.45, 7) is -0.296. The summed E-state index contributed by atoms with van der Waals surface area (Å²) in [5.74, 6) is -1.41. The molecule has 0 aliphatic carbocycles. The van der Waals surface area contributed by atoms with E-state index in [1.165, 1.54) is 0 Å². The number of nitro groups is 1. The number of hydrogen-bond acceptors (Lipinski definition) is 7. The van der Waals surface area contributed by atoms with E-state index < -0.39 is 31.1 Å². The molecule has 1 aliphatic heterocycles. The van der Waals surface area contributed by atoms with E-state index in [1.54, 1.807) is 0 Å². The van der Waals surface area contributed by atoms with Gasteiger partial charge in [-0.3, -0.25) is 14.9 Å². The van der Waals surface area contributed by atoms with E-state index in [0.29, 0.717) is 0 Å². The average Bonchev–Trinajstić information content (AvgIpc) is 2.87. The van der Waals surface area contributed by atoms with Crippen LogP contribution < -0.4 is 4.90 Å². The number of nitro benzene ring substituents is 1. The van der Waals surface area contributed by atoms with Gasteiger partial charge in [-0.25, -0.2) is 13.2 Å². The van der Waals surface area contributed by atoms with Crippen molar-refractivity contribution >= 4 is 43.0 Å². The van der Waals surface area contributed by atoms with Crippen LogP contribution in [0.15, 0.2) is 18.2 Å². The van der Waals surface area contributed by atoms with Gasteiger partial charge in [0.15, 0.2) is 0 Å². The minimum Gasteiger partial charge on any atom is -0.465 e. The number of non-ortho nitro benzene ring substituents is 1. The van der Waals surface area contributed by atoms with Gasteiger partial charge in [-0.05, 0) is 6.07 Å². The van der Waals surface area contributed by atoms with Crippen molar-refractivity contribution in [1.82, 2.24) is 0 Å². The molecule has 124 valence electrons. The van der Waals surface area contributed by atoms with Gasteiger partial charge in [-0.1, -0.05) is 0 Å². The Morgan fingerprint density at radius 1 is 1.48 bits per heavy atom. The lowest BCUT2D eigenvalue weighted by Crippen LogP contribution is -2.28. The number of nitrogens with zero attached hydrogens (tertiary/aromatic N) is 2. The summed E-state index contributed by atoms with van der Waals surface area (Å²) >= 11 is 0. The molecule has 1 fully saturated rings. The number of rotatable bonds is 4. The van der Waals surface area contributed by atoms with Gasteiger partial charge in [-0.15, -0.1) is 0 Å². The minimum atomic E-state index is -3.98. The number of amides is 1. The Morgan fingerprint density at radius 3 is 2.61 bits per heavy atom. The molecule has 1 saturated heterocycles. The molecule has 2 rings (SSSR count). The molecule has 9 nitrogen and oxygen atoms in total. The SMILES string of the molecule is COC(=O)c1ccc([N+](=O)[O-])cc1N1CC(S(=O)(=O)Cl)CC1=O. The van der Waals surface area contributed by atoms with Crippen LogP contribution in [0.25, 0.3) is 0 Å². The number of anilines is 1. The van der Waals surface area contributed by atoms with Crippen LogP contribution in [0, 0.1) is 10.1 Å². The van der Waals surface area contributed by atoms with Crippen molar-refractivity contribution in [2.24, 2.45) is 0 Å². The highest BCUT2D eigenvalue weighted by Gasteiger charge is 2.39. The first kappa shape index (κ1) is 17.2. The molecule has 0 spiro atoms. The number of esters is 1. The summed E-state index contributed by atoms with van der Waals surface area (Å²) in [5.41, 5.74) is -0.518. The van der Waals surface area contributed by atoms with Gasteiger partial charge >= 0.3 is 5.97 Å². The van der Waals surface area contributed by atoms with Gasteiger partial charge in [0.2, 0.25) is 15.0 Å². The van der Waals surface area contributed by atoms with Gasteiger partial charge in [0.1, 0.15) is 5.25 Å². The molecule has 1 unspecified atom stereocenters. The summed E-state index contributed by atoms with van der Waals surface area (Å²) in [6, 6.07) is 3.26. The Kier molecular flexibility index (Phi) is 4.57. The van der Waals surface area contributed by atoms with Crippen molar-refractivity contribution in [3.63, 3.8) is 0 Å². The van der Waals surface area contributed by atoms with Gasteiger partial charge in [0, 0.05) is 35.8 Å². The molecule has 0 saturated carbocycles. The molecule has 1 atom stereocenters. The molecular formula is C12H11ClN2O7S. The van der Waals surface area contributed by atoms with E-state index in [0.717, 1.165) is 30.2 Å². The average molecular weight is 363 g/mol. The normalized spacial score (nSPS) is 18.1. The molecule has 1 amide bonds. The van der Waals surface area contributed by atoms with Gasteiger partial charge in [0.25, 0.3) is 5.69 Å². The lowest BCUT2D eigenvalue weighted by molar-refractivity contribution is -0.384. The predicted octanol–water partition coefficient (Wildman–Crippen LogP) is 1.06. The molecule has 11 heteroatoms. The maximum atomic E-state index is 12.1. The van der Waals surface area contributed by atoms with E-state index in [-0.39, 0.29) is 29.9 Å². The van der Waals surface area contributed by atoms with Crippen LogP contribution in [-0.4, -0.2) is 44.1 Å². The molecule has 0 bridgehead atoms. The highest BCUT2D eigenvalue weighted by atomic mass is 35.7. The van der Waals surface area contributed by atoms with Crippen molar-refractivity contribution < 1.29 is 27.7 Å². The highest BCUT2D eigenvalue weighted by Crippen LogP contribution is 2.32. The Bertz CT molecular complexity index is 793. The number of carbonyl (C=O) groups excluding carboxylic acids is 2. The third-order valence-electron chi connectivity index (χ3n) is 3.38. The monoisotopic (exact) mass is 362 g/mol. The third-order valence-corrected chi connectivity index (χ3v) is 5.24. The number of carbonyl (C=O) groups is 2. The Labute approximate surface area is 135 Å². The molecule has 0 radical (unpaired) electrons. The fourth-order valence-electron chi connectivity index (χ4n) is 2.24. The van der Waals surface area contributed by atoms with Crippen LogP contribution in [0.4, 0.5) is 11.4 Å². The van der Waals surface area contributed by atoms with E-state index in [1.807, 2.05) is 0 Å². The third kappa shape index (κ3) is 3.42. The Morgan fingerprint density at radius 2 is 2.13 bits per heavy atom. The summed E-state index contributed by atoms with van der Waals surface area (Å²) in [4.78, 5) is 35.0. The standard InChI is InChI=1S/C12H11ClN2O7S/c1-22-12(17)9-3-2-7(15(18)19)4-10(9)14-6-8(5-11(14)16)23(13,20)21/h2-4,8H,5-6H2,1H3. The molecule has 23 heavy (non-hydrogen) atoms. The van der Waals surface area contributed by atoms with E-state index in [4.69, 9.17) is 10.7 Å². The van der Waals surface area contributed by atoms with Gasteiger partial charge in [0.05, 0.1) is 23.3 Å². The largest absolute Gasteiger partial charge is 0.465 e. The van der Waals surface area contributed by atoms with Crippen molar-refractivity contribution in [2.75, 3.05) is 18.6 Å². The second-order valence-electron chi connectivity index (χ2n) is 4.76. The zero-order chi connectivity index (χ0) is 17.4. The summed E-state index contributed by atoms with van der Waals surface area (Å²) in [7, 11) is 2.40. The molecular weight excluding hydrogens is 352 g/mol. The molecule has 1 heterocycles. The van der Waals surface area contributed by atoms with Crippen LogP contribution in [0.1, 0.15) is 16.8 Å². The second-order valence-corrected chi connectivity index (χ2v) is 7.66. The summed E-state index contributed by atoms with van der Waals surface area (Å²) in [5, 5.41) is 9.74. The fourth-order valence-corrected chi connectivity index (χ4v) is 3.26. The van der Waals surface area contributed by atoms with Crippen molar-refractivity contribution in [1.29, 1.82) is 0 Å². The highest BCUT2D eigenvalue weighted by molar-refractivity contribution is 8.14. The lowest BCUT2D eigenvalue weighted by Gasteiger charge is -2.18. The molecule has 1 aliphatic rings. The van der Waals surface area contributed by atoms with Crippen LogP contribution in [0.5, 0.6) is 0 Å². The van der Waals surface area contributed by atoms with Crippen LogP contribution in [0.3, 0.4) is 0 Å². The topological polar surface area (TPSA) is 124 Å². The van der Waals surface area contributed by atoms with Crippen LogP contribution in [-0.2, 0) is 18.6 Å². The number of halogens is 1. The van der Waals surface area contributed by atoms with E-state index in [2.05, 4.69) is 4.74 Å². The first-order chi connectivity index (χ1) is 10.6. The predicted molar refractivity (Wildman–Crippen MR) is 80.0 cm³/mol. The first-order valence-corrected chi connectivity index (χ1v) is 8.63. The van der Waals surface area contributed by atoms with E-state index >= 15 is 0 Å². The summed E-state index contributed by atoms with van der Waals surface area (Å²) < 4.78 is 27.4. The Hall–Kier alpha value is -2.20. The van der Waals surface area contributed by atoms with Crippen molar-refractivity contribution in [3.05, 3.63) is 33.9 Å². The number of benzene rings is 1. The lowest BCUT2D eigenvalue weighted by atomic mass is 10.1. The molecule has 1 aromatic rings. The first-order valence-electron chi connectivity index (χ1n) is 6.25. The Balaban J connectivity index is 2.52. The quantitative estimate of drug-likeness (QED) is 0.339. The zero-order valence-corrected chi connectivity index (χ0v) is 13.3. The fraction of sp³-hybridized carbons (Fsp3) is 0.333. The minimum absolute atomic E-state index is 0.0842. The second kappa shape index (κ2) is 6.13.